The average Bonchev–Trinajstić information content (AvgIpc) is 3.81. The fourth-order valence-corrected chi connectivity index (χ4v) is 6.10. The van der Waals surface area contributed by atoms with Crippen molar-refractivity contribution < 1.29 is 23.5 Å². The molecule has 0 aliphatic carbocycles. The van der Waals surface area contributed by atoms with Gasteiger partial charge in [0.05, 0.1) is 10.0 Å². The third-order valence-electron chi connectivity index (χ3n) is 8.49. The van der Waals surface area contributed by atoms with Gasteiger partial charge in [-0.05, 0) is 67.3 Å². The highest BCUT2D eigenvalue weighted by Gasteiger charge is 2.19. The van der Waals surface area contributed by atoms with E-state index in [2.05, 4.69) is 68.2 Å². The van der Waals surface area contributed by atoms with Gasteiger partial charge in [0, 0.05) is 31.2 Å². The van der Waals surface area contributed by atoms with E-state index in [-0.39, 0.29) is 46.3 Å². The van der Waals surface area contributed by atoms with E-state index in [0.717, 1.165) is 11.1 Å². The molecule has 0 atom stereocenters. The second-order valence-electron chi connectivity index (χ2n) is 13.1. The van der Waals surface area contributed by atoms with Crippen molar-refractivity contribution in [1.82, 2.24) is 51.0 Å². The number of nitrogens with zero attached hydrogens (tertiary/aromatic N) is 6. The first-order chi connectivity index (χ1) is 27.8. The number of benzene rings is 3. The normalized spacial score (nSPS) is 11.0. The summed E-state index contributed by atoms with van der Waals surface area (Å²) in [6, 6.07) is 14.3. The molecule has 0 radical (unpaired) electrons. The predicted molar refractivity (Wildman–Crippen MR) is 217 cm³/mol. The Morgan fingerprint density at radius 3 is 1.71 bits per heavy atom. The van der Waals surface area contributed by atoms with Crippen molar-refractivity contribution in [2.45, 2.75) is 46.4 Å². The molecule has 4 heterocycles. The number of aryl methyl sites for hydroxylation is 1. The van der Waals surface area contributed by atoms with Gasteiger partial charge in [-0.2, -0.15) is 10.2 Å². The summed E-state index contributed by atoms with van der Waals surface area (Å²) < 4.78 is 26.5. The number of aliphatic hydroxyl groups excluding tert-OH is 1. The number of nitrogens with one attached hydrogen (secondary N) is 6. The number of hydrogen-bond donors (Lipinski definition) is 7. The number of hydrogen-bond acceptors (Lipinski definition) is 11. The number of aliphatic hydroxyl groups is 1. The molecule has 2 amide bonds. The Labute approximate surface area is 339 Å². The van der Waals surface area contributed by atoms with Gasteiger partial charge in [0.15, 0.2) is 23.0 Å². The highest BCUT2D eigenvalue weighted by atomic mass is 35.5. The van der Waals surface area contributed by atoms with E-state index in [0.29, 0.717) is 56.9 Å². The Kier molecular flexibility index (Phi) is 12.7. The third kappa shape index (κ3) is 9.62. The van der Waals surface area contributed by atoms with Gasteiger partial charge in [-0.15, -0.1) is 0 Å². The van der Waals surface area contributed by atoms with Crippen LogP contribution in [0.4, 0.5) is 20.4 Å². The molecule has 0 unspecified atom stereocenters. The number of carbonyl (C=O) groups excluding carboxylic acids is 2. The molecule has 0 bridgehead atoms. The zero-order chi connectivity index (χ0) is 41.5. The van der Waals surface area contributed by atoms with Gasteiger partial charge in [0.2, 0.25) is 0 Å². The molecular weight excluding hydrogens is 793 g/mol. The van der Waals surface area contributed by atoms with Crippen molar-refractivity contribution in [3.63, 3.8) is 0 Å². The summed E-state index contributed by atoms with van der Waals surface area (Å²) >= 11 is 11.5. The van der Waals surface area contributed by atoms with Crippen LogP contribution in [0.3, 0.4) is 0 Å². The molecule has 7 rings (SSSR count). The lowest BCUT2D eigenvalue weighted by Crippen LogP contribution is -2.24. The third-order valence-corrected chi connectivity index (χ3v) is 9.07. The van der Waals surface area contributed by atoms with Gasteiger partial charge in [0.25, 0.3) is 11.8 Å². The quantitative estimate of drug-likeness (QED) is 0.0603. The first kappa shape index (κ1) is 40.9. The summed E-state index contributed by atoms with van der Waals surface area (Å²) in [4.78, 5) is 41.7. The van der Waals surface area contributed by atoms with Crippen LogP contribution in [-0.2, 0) is 19.6 Å². The summed E-state index contributed by atoms with van der Waals surface area (Å²) in [6.07, 6.45) is 2.60. The topological polar surface area (TPSA) is 211 Å². The van der Waals surface area contributed by atoms with Crippen LogP contribution in [0.15, 0.2) is 73.8 Å². The number of halogens is 4. The maximum atomic E-state index is 13.3. The number of carbonyl (C=O) groups is 2. The molecule has 58 heavy (non-hydrogen) atoms. The monoisotopic (exact) mass is 828 g/mol. The fraction of sp³-hybridized carbons (Fsp3) is 0.179. The molecule has 298 valence electrons. The average molecular weight is 830 g/mol. The molecule has 0 aliphatic heterocycles. The smallest absolute Gasteiger partial charge is 0.272 e. The second-order valence-corrected chi connectivity index (χ2v) is 14.0. The van der Waals surface area contributed by atoms with Crippen molar-refractivity contribution in [3.05, 3.63) is 135 Å². The number of rotatable bonds is 12. The van der Waals surface area contributed by atoms with E-state index < -0.39 is 23.4 Å². The van der Waals surface area contributed by atoms with Crippen molar-refractivity contribution >= 4 is 74.5 Å². The molecule has 7 aromatic rings. The Balaban J connectivity index is 0.000000203. The number of aromatic amines is 2. The van der Waals surface area contributed by atoms with E-state index in [1.165, 1.54) is 36.9 Å². The van der Waals surface area contributed by atoms with Crippen LogP contribution < -0.4 is 21.3 Å². The highest BCUT2D eigenvalue weighted by molar-refractivity contribution is 6.31. The first-order valence-corrected chi connectivity index (χ1v) is 18.3. The van der Waals surface area contributed by atoms with Crippen LogP contribution in [0.5, 0.6) is 0 Å². The second kappa shape index (κ2) is 18.0. The molecule has 0 saturated carbocycles. The van der Waals surface area contributed by atoms with Crippen LogP contribution in [0.1, 0.15) is 62.6 Å². The van der Waals surface area contributed by atoms with E-state index >= 15 is 0 Å². The molecular formula is C39H36Cl2F2N12O3. The summed E-state index contributed by atoms with van der Waals surface area (Å²) in [7, 11) is 0. The van der Waals surface area contributed by atoms with E-state index in [1.54, 1.807) is 18.2 Å². The zero-order valence-electron chi connectivity index (χ0n) is 31.2. The van der Waals surface area contributed by atoms with E-state index in [1.807, 2.05) is 32.9 Å². The van der Waals surface area contributed by atoms with Crippen molar-refractivity contribution in [2.24, 2.45) is 0 Å². The molecule has 0 saturated heterocycles. The minimum atomic E-state index is -0.522. The molecule has 0 fully saturated rings. The fourth-order valence-electron chi connectivity index (χ4n) is 5.69. The molecule has 19 heteroatoms. The Bertz CT molecular complexity index is 2650. The molecule has 7 N–H and O–H groups in total. The zero-order valence-corrected chi connectivity index (χ0v) is 32.7. The summed E-state index contributed by atoms with van der Waals surface area (Å²) in [5.41, 5.74) is 6.05. The first-order valence-electron chi connectivity index (χ1n) is 17.6. The number of H-pyrrole nitrogens is 2. The number of anilines is 2. The van der Waals surface area contributed by atoms with E-state index in [9.17, 15) is 23.5 Å². The van der Waals surface area contributed by atoms with Crippen molar-refractivity contribution in [2.75, 3.05) is 10.6 Å². The SMILES string of the molecule is C=C(O)c1ccc(CNc2n[nH]c3c(C(=O)NCc4ccc(F)c(Cl)c4)ncnc23)cc1C.CC(C)Nc1n[nH]c2c(C(=O)NCc3ccc(F)c(Cl)c3)ncnc12. The Morgan fingerprint density at radius 1 is 0.741 bits per heavy atom. The Hall–Kier alpha value is -6.72. The Morgan fingerprint density at radius 2 is 1.22 bits per heavy atom. The van der Waals surface area contributed by atoms with E-state index in [4.69, 9.17) is 23.2 Å². The van der Waals surface area contributed by atoms with Crippen molar-refractivity contribution in [1.29, 1.82) is 0 Å². The lowest BCUT2D eigenvalue weighted by Gasteiger charge is -2.08. The highest BCUT2D eigenvalue weighted by Crippen LogP contribution is 2.24. The number of amides is 2. The number of fused-ring (bicyclic) bond motifs is 2. The molecule has 3 aromatic carbocycles. The van der Waals surface area contributed by atoms with Crippen molar-refractivity contribution in [3.8, 4) is 0 Å². The lowest BCUT2D eigenvalue weighted by atomic mass is 10.0. The van der Waals surface area contributed by atoms with Crippen LogP contribution >= 0.6 is 23.2 Å². The van der Waals surface area contributed by atoms with Gasteiger partial charge in [-0.3, -0.25) is 19.8 Å². The van der Waals surface area contributed by atoms with Gasteiger partial charge in [-0.1, -0.05) is 60.1 Å². The van der Waals surface area contributed by atoms with Gasteiger partial charge < -0.3 is 26.4 Å². The van der Waals surface area contributed by atoms with Gasteiger partial charge in [-0.25, -0.2) is 28.7 Å². The lowest BCUT2D eigenvalue weighted by molar-refractivity contribution is 0.0939. The molecule has 0 aliphatic rings. The van der Waals surface area contributed by atoms with Crippen LogP contribution in [-0.4, -0.2) is 63.3 Å². The van der Waals surface area contributed by atoms with Crippen LogP contribution in [0, 0.1) is 18.6 Å². The maximum Gasteiger partial charge on any atom is 0.272 e. The summed E-state index contributed by atoms with van der Waals surface area (Å²) in [5.74, 6) is -0.799. The largest absolute Gasteiger partial charge is 0.508 e. The van der Waals surface area contributed by atoms with Gasteiger partial charge >= 0.3 is 0 Å². The molecule has 15 nitrogen and oxygen atoms in total. The van der Waals surface area contributed by atoms with Crippen LogP contribution in [0.25, 0.3) is 27.8 Å². The number of aromatic nitrogens is 8. The minimum Gasteiger partial charge on any atom is -0.508 e. The van der Waals surface area contributed by atoms with Gasteiger partial charge in [0.1, 0.15) is 52.1 Å². The maximum absolute atomic E-state index is 13.3. The minimum absolute atomic E-state index is 0.00847. The summed E-state index contributed by atoms with van der Waals surface area (Å²) in [5, 5.41) is 35.4. The molecule has 4 aromatic heterocycles. The van der Waals surface area contributed by atoms with Crippen LogP contribution in [0.2, 0.25) is 10.0 Å². The standard InChI is InChI=1S/C23H20ClFN6O2.C16H16ClFN6O/c1-12-7-14(3-5-16(12)13(2)32)9-26-22-20-19(30-31-22)21(29-11-28-20)23(33)27-10-15-4-6-18(25)17(24)8-15;1-8(2)22-15-13-12(23-24-15)14(21-7-20-13)16(25)19-6-9-3-4-11(18)10(17)5-9/h3-8,11,32H,2,9-10H2,1H3,(H,27,33)(H2,26,30,31);3-5,7-8H,6H2,1-2H3,(H,19,25)(H2,22,23,24). The predicted octanol–water partition coefficient (Wildman–Crippen LogP) is 7.42. The molecule has 0 spiro atoms. The summed E-state index contributed by atoms with van der Waals surface area (Å²) in [6.45, 7) is 10.2.